The maximum atomic E-state index is 13.2. The normalized spacial score (nSPS) is 17.6. The summed E-state index contributed by atoms with van der Waals surface area (Å²) >= 11 is 5.60. The van der Waals surface area contributed by atoms with Crippen LogP contribution in [0.3, 0.4) is 0 Å². The number of nitrogens with one attached hydrogen (secondary N) is 1. The van der Waals surface area contributed by atoms with Crippen molar-refractivity contribution in [2.24, 2.45) is 5.73 Å². The van der Waals surface area contributed by atoms with Gasteiger partial charge in [-0.2, -0.15) is 0 Å². The van der Waals surface area contributed by atoms with E-state index < -0.39 is 5.82 Å². The van der Waals surface area contributed by atoms with Gasteiger partial charge in [0.05, 0.1) is 5.02 Å². The number of benzene rings is 1. The Balaban J connectivity index is 1.65. The van der Waals surface area contributed by atoms with Crippen molar-refractivity contribution < 1.29 is 9.13 Å². The molecule has 1 saturated heterocycles. The minimum Gasteiger partial charge on any atom is -0.492 e. The van der Waals surface area contributed by atoms with Crippen molar-refractivity contribution >= 4 is 11.6 Å². The van der Waals surface area contributed by atoms with Crippen molar-refractivity contribution in [3.63, 3.8) is 0 Å². The fraction of sp³-hybridized carbons (Fsp3) is 0.538. The molecule has 2 rings (SSSR count). The van der Waals surface area contributed by atoms with Gasteiger partial charge in [-0.15, -0.1) is 0 Å². The minimum atomic E-state index is -0.461. The fourth-order valence-electron chi connectivity index (χ4n) is 2.00. The van der Waals surface area contributed by atoms with Crippen molar-refractivity contribution in [2.75, 3.05) is 26.2 Å². The molecule has 1 fully saturated rings. The third kappa shape index (κ3) is 4.62. The molecule has 1 aromatic rings. The van der Waals surface area contributed by atoms with Crippen LogP contribution in [0.5, 0.6) is 5.75 Å². The van der Waals surface area contributed by atoms with Crippen LogP contribution in [-0.4, -0.2) is 37.3 Å². The van der Waals surface area contributed by atoms with E-state index in [9.17, 15) is 4.39 Å². The van der Waals surface area contributed by atoms with Gasteiger partial charge in [0.15, 0.2) is 0 Å². The molecule has 0 amide bonds. The first-order chi connectivity index (χ1) is 9.15. The maximum absolute atomic E-state index is 13.2. The lowest BCUT2D eigenvalue weighted by atomic mass is 10.1. The summed E-state index contributed by atoms with van der Waals surface area (Å²) in [7, 11) is 0. The van der Waals surface area contributed by atoms with Crippen molar-refractivity contribution in [1.29, 1.82) is 0 Å². The topological polar surface area (TPSA) is 50.5 Å². The molecule has 3 N–H and O–H groups in total. The van der Waals surface area contributed by atoms with Gasteiger partial charge in [-0.1, -0.05) is 11.6 Å². The molecule has 19 heavy (non-hydrogen) atoms. The van der Waals surface area contributed by atoms with Crippen LogP contribution in [0.25, 0.3) is 0 Å². The lowest BCUT2D eigenvalue weighted by Crippen LogP contribution is -2.48. The van der Waals surface area contributed by atoms with Crippen LogP contribution in [0.4, 0.5) is 4.39 Å². The molecule has 0 bridgehead atoms. The molecule has 0 saturated carbocycles. The first kappa shape index (κ1) is 14.5. The second-order valence-corrected chi connectivity index (χ2v) is 5.06. The second-order valence-electron chi connectivity index (χ2n) is 4.66. The molecule has 4 nitrogen and oxygen atoms in total. The van der Waals surface area contributed by atoms with Gasteiger partial charge in [-0.25, -0.2) is 9.40 Å². The first-order valence-corrected chi connectivity index (χ1v) is 6.85. The molecule has 1 aromatic carbocycles. The Hall–Kier alpha value is -0.880. The molecule has 0 radical (unpaired) electrons. The van der Waals surface area contributed by atoms with Gasteiger partial charge < -0.3 is 10.5 Å². The molecule has 1 aliphatic heterocycles. The standard InChI is InChI=1S/C13H19ClFN3O/c14-12-2-1-11(9-13(12)15)19-8-5-17-18-6-3-10(16)4-7-18/h1-2,9-10,17H,3-8,16H2. The van der Waals surface area contributed by atoms with Gasteiger partial charge in [-0.05, 0) is 25.0 Å². The SMILES string of the molecule is NC1CCN(NCCOc2ccc(Cl)c(F)c2)CC1. The zero-order chi connectivity index (χ0) is 13.7. The van der Waals surface area contributed by atoms with Crippen LogP contribution in [0.2, 0.25) is 5.02 Å². The monoisotopic (exact) mass is 287 g/mol. The molecule has 0 atom stereocenters. The van der Waals surface area contributed by atoms with Gasteiger partial charge in [0, 0.05) is 31.7 Å². The predicted octanol–water partition coefficient (Wildman–Crippen LogP) is 1.79. The van der Waals surface area contributed by atoms with E-state index in [0.29, 0.717) is 24.9 Å². The van der Waals surface area contributed by atoms with Crippen LogP contribution in [-0.2, 0) is 0 Å². The molecule has 1 heterocycles. The summed E-state index contributed by atoms with van der Waals surface area (Å²) in [4.78, 5) is 0. The number of halogens is 2. The number of hydrazine groups is 1. The molecule has 0 aromatic heterocycles. The van der Waals surface area contributed by atoms with E-state index in [1.165, 1.54) is 12.1 Å². The Morgan fingerprint density at radius 2 is 2.16 bits per heavy atom. The smallest absolute Gasteiger partial charge is 0.145 e. The molecule has 0 unspecified atom stereocenters. The highest BCUT2D eigenvalue weighted by molar-refractivity contribution is 6.30. The third-order valence-corrected chi connectivity index (χ3v) is 3.44. The van der Waals surface area contributed by atoms with Gasteiger partial charge in [0.2, 0.25) is 0 Å². The number of hydrogen-bond donors (Lipinski definition) is 2. The van der Waals surface area contributed by atoms with Crippen LogP contribution >= 0.6 is 11.6 Å². The number of nitrogens with two attached hydrogens (primary N) is 1. The lowest BCUT2D eigenvalue weighted by Gasteiger charge is -2.30. The molecule has 6 heteroatoms. The van der Waals surface area contributed by atoms with Crippen molar-refractivity contribution in [3.8, 4) is 5.75 Å². The average Bonchev–Trinajstić information content (AvgIpc) is 2.41. The minimum absolute atomic E-state index is 0.107. The zero-order valence-corrected chi connectivity index (χ0v) is 11.5. The average molecular weight is 288 g/mol. The number of nitrogens with zero attached hydrogens (tertiary/aromatic N) is 1. The highest BCUT2D eigenvalue weighted by Crippen LogP contribution is 2.20. The molecule has 0 spiro atoms. The Kier molecular flexibility index (Phi) is 5.39. The number of ether oxygens (including phenoxy) is 1. The Morgan fingerprint density at radius 1 is 1.42 bits per heavy atom. The van der Waals surface area contributed by atoms with Crippen molar-refractivity contribution in [3.05, 3.63) is 29.0 Å². The largest absolute Gasteiger partial charge is 0.492 e. The first-order valence-electron chi connectivity index (χ1n) is 6.47. The Morgan fingerprint density at radius 3 is 2.84 bits per heavy atom. The predicted molar refractivity (Wildman–Crippen MR) is 73.7 cm³/mol. The quantitative estimate of drug-likeness (QED) is 0.811. The van der Waals surface area contributed by atoms with Gasteiger partial charge >= 0.3 is 0 Å². The van der Waals surface area contributed by atoms with Crippen molar-refractivity contribution in [2.45, 2.75) is 18.9 Å². The summed E-state index contributed by atoms with van der Waals surface area (Å²) < 4.78 is 18.6. The lowest BCUT2D eigenvalue weighted by molar-refractivity contribution is 0.133. The van der Waals surface area contributed by atoms with Gasteiger partial charge in [0.1, 0.15) is 18.2 Å². The van der Waals surface area contributed by atoms with Crippen LogP contribution < -0.4 is 15.9 Å². The highest BCUT2D eigenvalue weighted by atomic mass is 35.5. The fourth-order valence-corrected chi connectivity index (χ4v) is 2.11. The van der Waals surface area contributed by atoms with Crippen LogP contribution in [0.1, 0.15) is 12.8 Å². The van der Waals surface area contributed by atoms with E-state index in [1.54, 1.807) is 6.07 Å². The van der Waals surface area contributed by atoms with E-state index >= 15 is 0 Å². The summed E-state index contributed by atoms with van der Waals surface area (Å²) in [5, 5.41) is 2.25. The molecular weight excluding hydrogens is 269 g/mol. The Labute approximate surface area is 117 Å². The van der Waals surface area contributed by atoms with E-state index in [2.05, 4.69) is 10.4 Å². The molecule has 106 valence electrons. The zero-order valence-electron chi connectivity index (χ0n) is 10.7. The van der Waals surface area contributed by atoms with Gasteiger partial charge in [-0.3, -0.25) is 5.43 Å². The maximum Gasteiger partial charge on any atom is 0.145 e. The van der Waals surface area contributed by atoms with E-state index in [1.807, 2.05) is 0 Å². The summed E-state index contributed by atoms with van der Waals surface area (Å²) in [5.41, 5.74) is 9.10. The molecule has 0 aliphatic carbocycles. The van der Waals surface area contributed by atoms with E-state index in [0.717, 1.165) is 25.9 Å². The number of piperidine rings is 1. The Bertz CT molecular complexity index is 411. The number of hydrogen-bond acceptors (Lipinski definition) is 4. The summed E-state index contributed by atoms with van der Waals surface area (Å²) in [6, 6.07) is 4.77. The second kappa shape index (κ2) is 7.05. The highest BCUT2D eigenvalue weighted by Gasteiger charge is 2.14. The van der Waals surface area contributed by atoms with E-state index in [-0.39, 0.29) is 5.02 Å². The number of rotatable bonds is 5. The van der Waals surface area contributed by atoms with E-state index in [4.69, 9.17) is 22.1 Å². The summed E-state index contributed by atoms with van der Waals surface area (Å²) in [6.45, 7) is 3.07. The summed E-state index contributed by atoms with van der Waals surface area (Å²) in [5.74, 6) is 0.0292. The van der Waals surface area contributed by atoms with Crippen LogP contribution in [0, 0.1) is 5.82 Å². The van der Waals surface area contributed by atoms with Gasteiger partial charge in [0.25, 0.3) is 0 Å². The molecular formula is C13H19ClFN3O. The third-order valence-electron chi connectivity index (χ3n) is 3.14. The molecule has 1 aliphatic rings. The van der Waals surface area contributed by atoms with Crippen LogP contribution in [0.15, 0.2) is 18.2 Å². The summed E-state index contributed by atoms with van der Waals surface area (Å²) in [6.07, 6.45) is 2.02. The van der Waals surface area contributed by atoms with Crippen molar-refractivity contribution in [1.82, 2.24) is 10.4 Å².